The van der Waals surface area contributed by atoms with E-state index in [0.29, 0.717) is 13.1 Å². The minimum Gasteiger partial charge on any atom is -0.339 e. The monoisotopic (exact) mass is 372 g/mol. The molecule has 0 aromatic carbocycles. The predicted molar refractivity (Wildman–Crippen MR) is 87.6 cm³/mol. The molecule has 1 aliphatic heterocycles. The van der Waals surface area contributed by atoms with E-state index in [4.69, 9.17) is 0 Å². The molecule has 0 radical (unpaired) electrons. The van der Waals surface area contributed by atoms with Crippen molar-refractivity contribution in [3.8, 4) is 0 Å². The standard InChI is InChI=1S/C17H23F3N4O2/c1-11-14(16(26)23-9-7-22(8-10-23)12(2)25)15(17(18,19)20)21-24(11)13-5-3-4-6-13/h13H,3-10H2,1-2H3. The zero-order valence-electron chi connectivity index (χ0n) is 15.0. The molecule has 0 unspecified atom stereocenters. The lowest BCUT2D eigenvalue weighted by Crippen LogP contribution is -2.50. The van der Waals surface area contributed by atoms with E-state index in [-0.39, 0.29) is 36.3 Å². The van der Waals surface area contributed by atoms with Gasteiger partial charge in [-0.2, -0.15) is 18.3 Å². The summed E-state index contributed by atoms with van der Waals surface area (Å²) in [6, 6.07) is -0.0767. The molecule has 3 rings (SSSR count). The summed E-state index contributed by atoms with van der Waals surface area (Å²) >= 11 is 0. The second-order valence-electron chi connectivity index (χ2n) is 6.99. The Bertz CT molecular complexity index is 700. The summed E-state index contributed by atoms with van der Waals surface area (Å²) in [6.07, 6.45) is -1.19. The Labute approximate surface area is 149 Å². The highest BCUT2D eigenvalue weighted by molar-refractivity contribution is 5.97. The van der Waals surface area contributed by atoms with Gasteiger partial charge in [-0.3, -0.25) is 14.3 Å². The van der Waals surface area contributed by atoms with E-state index in [0.717, 1.165) is 25.7 Å². The van der Waals surface area contributed by atoms with E-state index in [1.807, 2.05) is 0 Å². The first-order valence-corrected chi connectivity index (χ1v) is 8.91. The largest absolute Gasteiger partial charge is 0.435 e. The maximum atomic E-state index is 13.5. The smallest absolute Gasteiger partial charge is 0.339 e. The number of hydrogen-bond acceptors (Lipinski definition) is 3. The first-order valence-electron chi connectivity index (χ1n) is 8.91. The number of rotatable bonds is 2. The summed E-state index contributed by atoms with van der Waals surface area (Å²) in [6.45, 7) is 4.10. The van der Waals surface area contributed by atoms with Crippen LogP contribution >= 0.6 is 0 Å². The van der Waals surface area contributed by atoms with Crippen molar-refractivity contribution in [2.75, 3.05) is 26.2 Å². The molecule has 26 heavy (non-hydrogen) atoms. The molecule has 1 aromatic rings. The summed E-state index contributed by atoms with van der Waals surface area (Å²) in [4.78, 5) is 27.2. The molecule has 1 saturated heterocycles. The lowest BCUT2D eigenvalue weighted by Gasteiger charge is -2.34. The number of nitrogens with zero attached hydrogens (tertiary/aromatic N) is 4. The molecule has 144 valence electrons. The average molecular weight is 372 g/mol. The van der Waals surface area contributed by atoms with Gasteiger partial charge in [0.1, 0.15) is 0 Å². The van der Waals surface area contributed by atoms with Crippen LogP contribution in [0.2, 0.25) is 0 Å². The average Bonchev–Trinajstić information content (AvgIpc) is 3.21. The third-order valence-electron chi connectivity index (χ3n) is 5.32. The highest BCUT2D eigenvalue weighted by Crippen LogP contribution is 2.37. The Hall–Kier alpha value is -2.06. The molecule has 2 aliphatic rings. The summed E-state index contributed by atoms with van der Waals surface area (Å²) in [5, 5.41) is 3.80. The summed E-state index contributed by atoms with van der Waals surface area (Å²) in [5.41, 5.74) is -1.16. The predicted octanol–water partition coefficient (Wildman–Crippen LogP) is 2.63. The molecule has 1 aromatic heterocycles. The Balaban J connectivity index is 1.90. The second-order valence-corrected chi connectivity index (χ2v) is 6.99. The van der Waals surface area contributed by atoms with Gasteiger partial charge in [-0.15, -0.1) is 0 Å². The third kappa shape index (κ3) is 3.43. The van der Waals surface area contributed by atoms with Gasteiger partial charge in [-0.25, -0.2) is 0 Å². The van der Waals surface area contributed by atoms with Crippen LogP contribution in [-0.4, -0.2) is 57.6 Å². The van der Waals surface area contributed by atoms with Gasteiger partial charge in [-0.1, -0.05) is 12.8 Å². The van der Waals surface area contributed by atoms with Crippen LogP contribution in [0, 0.1) is 6.92 Å². The molecular formula is C17H23F3N4O2. The van der Waals surface area contributed by atoms with Gasteiger partial charge >= 0.3 is 6.18 Å². The van der Waals surface area contributed by atoms with Crippen LogP contribution in [0.4, 0.5) is 13.2 Å². The molecule has 1 saturated carbocycles. The van der Waals surface area contributed by atoms with Crippen molar-refractivity contribution in [1.82, 2.24) is 19.6 Å². The van der Waals surface area contributed by atoms with Crippen LogP contribution in [0.25, 0.3) is 0 Å². The minimum absolute atomic E-state index is 0.0767. The maximum Gasteiger partial charge on any atom is 0.435 e. The van der Waals surface area contributed by atoms with E-state index >= 15 is 0 Å². The fourth-order valence-corrected chi connectivity index (χ4v) is 3.86. The quantitative estimate of drug-likeness (QED) is 0.802. The van der Waals surface area contributed by atoms with Crippen molar-refractivity contribution in [2.24, 2.45) is 0 Å². The zero-order valence-corrected chi connectivity index (χ0v) is 15.0. The van der Waals surface area contributed by atoms with Crippen LogP contribution in [0.3, 0.4) is 0 Å². The molecular weight excluding hydrogens is 349 g/mol. The van der Waals surface area contributed by atoms with Crippen LogP contribution in [-0.2, 0) is 11.0 Å². The van der Waals surface area contributed by atoms with E-state index in [2.05, 4.69) is 5.10 Å². The molecule has 6 nitrogen and oxygen atoms in total. The fourth-order valence-electron chi connectivity index (χ4n) is 3.86. The summed E-state index contributed by atoms with van der Waals surface area (Å²) < 4.78 is 42.0. The van der Waals surface area contributed by atoms with E-state index in [1.165, 1.54) is 16.5 Å². The van der Waals surface area contributed by atoms with Gasteiger partial charge in [0.15, 0.2) is 5.69 Å². The highest BCUT2D eigenvalue weighted by Gasteiger charge is 2.43. The van der Waals surface area contributed by atoms with Gasteiger partial charge in [0.05, 0.1) is 11.6 Å². The third-order valence-corrected chi connectivity index (χ3v) is 5.32. The number of piperazine rings is 1. The normalized spacial score (nSPS) is 19.3. The van der Waals surface area contributed by atoms with Crippen molar-refractivity contribution in [3.63, 3.8) is 0 Å². The molecule has 0 bridgehead atoms. The van der Waals surface area contributed by atoms with Gasteiger partial charge in [0.25, 0.3) is 5.91 Å². The number of alkyl halides is 3. The molecule has 2 heterocycles. The van der Waals surface area contributed by atoms with Crippen LogP contribution in [0.1, 0.15) is 60.4 Å². The number of aromatic nitrogens is 2. The number of hydrogen-bond donors (Lipinski definition) is 0. The van der Waals surface area contributed by atoms with Gasteiger partial charge in [0.2, 0.25) is 5.91 Å². The molecule has 2 amide bonds. The first kappa shape index (κ1) is 18.7. The Morgan fingerprint density at radius 3 is 2.08 bits per heavy atom. The number of carbonyl (C=O) groups excluding carboxylic acids is 2. The SMILES string of the molecule is CC(=O)N1CCN(C(=O)c2c(C(F)(F)F)nn(C3CCCC3)c2C)CC1. The fraction of sp³-hybridized carbons (Fsp3) is 0.706. The maximum absolute atomic E-state index is 13.5. The van der Waals surface area contributed by atoms with E-state index < -0.39 is 17.8 Å². The van der Waals surface area contributed by atoms with Crippen molar-refractivity contribution < 1.29 is 22.8 Å². The lowest BCUT2D eigenvalue weighted by molar-refractivity contribution is -0.142. The zero-order chi connectivity index (χ0) is 19.1. The summed E-state index contributed by atoms with van der Waals surface area (Å²) in [5.74, 6) is -0.749. The van der Waals surface area contributed by atoms with Crippen molar-refractivity contribution in [2.45, 2.75) is 51.7 Å². The molecule has 0 spiro atoms. The lowest BCUT2D eigenvalue weighted by atomic mass is 10.1. The molecule has 1 aliphatic carbocycles. The van der Waals surface area contributed by atoms with Crippen molar-refractivity contribution in [3.05, 3.63) is 17.0 Å². The Morgan fingerprint density at radius 2 is 1.58 bits per heavy atom. The highest BCUT2D eigenvalue weighted by atomic mass is 19.4. The first-order chi connectivity index (χ1) is 12.2. The number of halogens is 3. The molecule has 0 N–H and O–H groups in total. The van der Waals surface area contributed by atoms with Crippen LogP contribution < -0.4 is 0 Å². The number of carbonyl (C=O) groups is 2. The van der Waals surface area contributed by atoms with Crippen molar-refractivity contribution in [1.29, 1.82) is 0 Å². The van der Waals surface area contributed by atoms with Gasteiger partial charge in [0, 0.05) is 38.8 Å². The Morgan fingerprint density at radius 1 is 1.04 bits per heavy atom. The van der Waals surface area contributed by atoms with E-state index in [1.54, 1.807) is 11.8 Å². The van der Waals surface area contributed by atoms with Gasteiger partial charge in [-0.05, 0) is 19.8 Å². The molecule has 2 fully saturated rings. The second kappa shape index (κ2) is 6.92. The molecule has 9 heteroatoms. The Kier molecular flexibility index (Phi) is 4.98. The summed E-state index contributed by atoms with van der Waals surface area (Å²) in [7, 11) is 0. The number of amides is 2. The minimum atomic E-state index is -4.68. The van der Waals surface area contributed by atoms with Crippen LogP contribution in [0.5, 0.6) is 0 Å². The van der Waals surface area contributed by atoms with Crippen LogP contribution in [0.15, 0.2) is 0 Å². The van der Waals surface area contributed by atoms with Gasteiger partial charge < -0.3 is 9.80 Å². The molecule has 0 atom stereocenters. The van der Waals surface area contributed by atoms with E-state index in [9.17, 15) is 22.8 Å². The topological polar surface area (TPSA) is 58.4 Å². The van der Waals surface area contributed by atoms with Crippen molar-refractivity contribution >= 4 is 11.8 Å².